The summed E-state index contributed by atoms with van der Waals surface area (Å²) in [5.74, 6) is -1.20. The van der Waals surface area contributed by atoms with Gasteiger partial charge in [-0.05, 0) is 49.1 Å². The number of aromatic nitrogens is 4. The third-order valence-electron chi connectivity index (χ3n) is 6.63. The Labute approximate surface area is 220 Å². The Morgan fingerprint density at radius 2 is 2.11 bits per heavy atom. The van der Waals surface area contributed by atoms with Gasteiger partial charge < -0.3 is 20.5 Å². The monoisotopic (exact) mass is 530 g/mol. The van der Waals surface area contributed by atoms with E-state index in [1.165, 1.54) is 23.9 Å². The number of nitrogens with zero attached hydrogens (tertiary/aromatic N) is 4. The summed E-state index contributed by atoms with van der Waals surface area (Å²) in [6, 6.07) is 8.12. The molecule has 1 atom stereocenters. The highest BCUT2D eigenvalue weighted by molar-refractivity contribution is 8.00. The van der Waals surface area contributed by atoms with Gasteiger partial charge in [0.1, 0.15) is 5.52 Å². The lowest BCUT2D eigenvalue weighted by Crippen LogP contribution is -2.39. The van der Waals surface area contributed by atoms with E-state index in [-0.39, 0.29) is 28.8 Å². The molecule has 1 unspecified atom stereocenters. The van der Waals surface area contributed by atoms with Gasteiger partial charge >= 0.3 is 5.97 Å². The number of carboxylic acid groups (broad SMARTS) is 1. The first kappa shape index (κ1) is 23.9. The van der Waals surface area contributed by atoms with Gasteiger partial charge in [0.15, 0.2) is 0 Å². The fourth-order valence-corrected chi connectivity index (χ4v) is 5.62. The Hall–Kier alpha value is -4.45. The molecule has 3 N–H and O–H groups in total. The van der Waals surface area contributed by atoms with E-state index in [4.69, 9.17) is 9.84 Å². The average Bonchev–Trinajstić information content (AvgIpc) is 3.34. The SMILES string of the molecule is COc1ccc2nccc(-n3cc4c(n3)CCC(NC(=O)c3cc5c(cc3C(=O)O)SCC(=O)N5)C4)c2n1. The molecule has 0 spiro atoms. The van der Waals surface area contributed by atoms with Gasteiger partial charge in [-0.1, -0.05) is 0 Å². The number of aryl methyl sites for hydroxylation is 1. The van der Waals surface area contributed by atoms with Crippen molar-refractivity contribution in [3.8, 4) is 11.6 Å². The van der Waals surface area contributed by atoms with Gasteiger partial charge in [0.2, 0.25) is 11.8 Å². The van der Waals surface area contributed by atoms with Crippen LogP contribution in [0, 0.1) is 0 Å². The predicted octanol–water partition coefficient (Wildman–Crippen LogP) is 2.85. The number of anilines is 1. The van der Waals surface area contributed by atoms with Crippen LogP contribution in [0.5, 0.6) is 5.88 Å². The number of carbonyl (C=O) groups excluding carboxylic acids is 2. The van der Waals surface area contributed by atoms with E-state index in [9.17, 15) is 19.5 Å². The Bertz CT molecular complexity index is 1630. The molecular weight excluding hydrogens is 508 g/mol. The van der Waals surface area contributed by atoms with Crippen LogP contribution in [-0.2, 0) is 17.6 Å². The van der Waals surface area contributed by atoms with E-state index in [0.29, 0.717) is 41.2 Å². The largest absolute Gasteiger partial charge is 0.481 e. The first-order valence-corrected chi connectivity index (χ1v) is 12.9. The number of fused-ring (bicyclic) bond motifs is 3. The van der Waals surface area contributed by atoms with Crippen molar-refractivity contribution in [2.24, 2.45) is 0 Å². The molecule has 1 aliphatic carbocycles. The van der Waals surface area contributed by atoms with Gasteiger partial charge in [-0.3, -0.25) is 14.6 Å². The molecule has 11 nitrogen and oxygen atoms in total. The van der Waals surface area contributed by atoms with Crippen molar-refractivity contribution in [3.05, 3.63) is 65.1 Å². The molecule has 192 valence electrons. The lowest BCUT2D eigenvalue weighted by Gasteiger charge is -2.24. The minimum absolute atomic E-state index is 0.0174. The standard InChI is InChI=1S/C26H22N6O5S/c1-37-23-5-4-18-24(30-23)20(6-7-27-18)32-11-13-8-14(2-3-17(13)31-32)28-25(34)15-9-19-21(10-16(15)26(35)36)38-12-22(33)29-19/h4-7,9-11,14H,2-3,8,12H2,1H3,(H,28,34)(H,29,33)(H,35,36). The summed E-state index contributed by atoms with van der Waals surface area (Å²) in [7, 11) is 1.56. The molecule has 2 aliphatic rings. The van der Waals surface area contributed by atoms with Crippen LogP contribution in [0.25, 0.3) is 16.7 Å². The summed E-state index contributed by atoms with van der Waals surface area (Å²) in [5.41, 5.74) is 4.44. The Morgan fingerprint density at radius 1 is 1.24 bits per heavy atom. The smallest absolute Gasteiger partial charge is 0.336 e. The second-order valence-corrected chi connectivity index (χ2v) is 10.1. The van der Waals surface area contributed by atoms with E-state index in [1.54, 1.807) is 24.1 Å². The minimum atomic E-state index is -1.20. The van der Waals surface area contributed by atoms with Crippen molar-refractivity contribution < 1.29 is 24.2 Å². The molecule has 0 saturated carbocycles. The molecule has 0 bridgehead atoms. The highest BCUT2D eigenvalue weighted by Crippen LogP contribution is 2.34. The number of rotatable bonds is 5. The molecule has 2 amide bonds. The number of aromatic carboxylic acids is 1. The van der Waals surface area contributed by atoms with Crippen molar-refractivity contribution in [1.29, 1.82) is 0 Å². The molecule has 4 heterocycles. The maximum Gasteiger partial charge on any atom is 0.336 e. The average molecular weight is 531 g/mol. The molecule has 6 rings (SSSR count). The van der Waals surface area contributed by atoms with Crippen LogP contribution < -0.4 is 15.4 Å². The molecule has 1 aliphatic heterocycles. The zero-order valence-electron chi connectivity index (χ0n) is 20.2. The van der Waals surface area contributed by atoms with E-state index < -0.39 is 11.9 Å². The molecule has 38 heavy (non-hydrogen) atoms. The topological polar surface area (TPSA) is 148 Å². The van der Waals surface area contributed by atoms with Crippen molar-refractivity contribution in [2.45, 2.75) is 30.2 Å². The maximum atomic E-state index is 13.2. The minimum Gasteiger partial charge on any atom is -0.481 e. The van der Waals surface area contributed by atoms with Crippen molar-refractivity contribution >= 4 is 46.3 Å². The summed E-state index contributed by atoms with van der Waals surface area (Å²) in [5, 5.41) is 20.2. The van der Waals surface area contributed by atoms with Gasteiger partial charge in [0.25, 0.3) is 5.91 Å². The first-order chi connectivity index (χ1) is 18.4. The molecule has 3 aromatic heterocycles. The number of carbonyl (C=O) groups is 3. The van der Waals surface area contributed by atoms with Gasteiger partial charge in [-0.2, -0.15) is 5.10 Å². The number of pyridine rings is 2. The van der Waals surface area contributed by atoms with Crippen molar-refractivity contribution in [2.75, 3.05) is 18.2 Å². The first-order valence-electron chi connectivity index (χ1n) is 11.9. The number of methoxy groups -OCH3 is 1. The summed E-state index contributed by atoms with van der Waals surface area (Å²) < 4.78 is 7.05. The van der Waals surface area contributed by atoms with Crippen LogP contribution in [0.4, 0.5) is 5.69 Å². The number of amides is 2. The van der Waals surface area contributed by atoms with Gasteiger partial charge in [-0.25, -0.2) is 14.5 Å². The highest BCUT2D eigenvalue weighted by Gasteiger charge is 2.28. The Balaban J connectivity index is 1.25. The quantitative estimate of drug-likeness (QED) is 0.354. The zero-order valence-corrected chi connectivity index (χ0v) is 21.0. The Morgan fingerprint density at radius 3 is 2.92 bits per heavy atom. The number of hydrogen-bond donors (Lipinski definition) is 3. The lowest BCUT2D eigenvalue weighted by molar-refractivity contribution is -0.113. The highest BCUT2D eigenvalue weighted by atomic mass is 32.2. The molecule has 0 saturated heterocycles. The van der Waals surface area contributed by atoms with Gasteiger partial charge in [0.05, 0.1) is 46.6 Å². The van der Waals surface area contributed by atoms with Crippen LogP contribution in [0.2, 0.25) is 0 Å². The Kier molecular flexibility index (Phi) is 5.95. The number of nitrogens with one attached hydrogen (secondary N) is 2. The van der Waals surface area contributed by atoms with E-state index >= 15 is 0 Å². The van der Waals surface area contributed by atoms with Crippen LogP contribution in [0.3, 0.4) is 0 Å². The summed E-state index contributed by atoms with van der Waals surface area (Å²) >= 11 is 1.25. The molecular formula is C26H22N6O5S. The maximum absolute atomic E-state index is 13.2. The predicted molar refractivity (Wildman–Crippen MR) is 139 cm³/mol. The molecule has 0 radical (unpaired) electrons. The van der Waals surface area contributed by atoms with Crippen molar-refractivity contribution in [3.63, 3.8) is 0 Å². The number of ether oxygens (including phenoxy) is 1. The second kappa shape index (κ2) is 9.45. The third kappa shape index (κ3) is 4.32. The van der Waals surface area contributed by atoms with Crippen molar-refractivity contribution in [1.82, 2.24) is 25.1 Å². The fourth-order valence-electron chi connectivity index (χ4n) is 4.80. The molecule has 1 aromatic carbocycles. The van der Waals surface area contributed by atoms with Crippen LogP contribution in [-0.4, -0.2) is 61.5 Å². The fraction of sp³-hybridized carbons (Fsp3) is 0.231. The number of hydrogen-bond acceptors (Lipinski definition) is 8. The van der Waals surface area contributed by atoms with Gasteiger partial charge in [-0.15, -0.1) is 11.8 Å². The number of thioether (sulfide) groups is 1. The van der Waals surface area contributed by atoms with Crippen LogP contribution in [0.15, 0.2) is 47.6 Å². The third-order valence-corrected chi connectivity index (χ3v) is 7.68. The molecule has 12 heteroatoms. The summed E-state index contributed by atoms with van der Waals surface area (Å²) in [4.78, 5) is 46.5. The molecule has 4 aromatic rings. The number of carboxylic acids is 1. The normalized spacial score (nSPS) is 16.3. The van der Waals surface area contributed by atoms with E-state index in [2.05, 4.69) is 20.6 Å². The van der Waals surface area contributed by atoms with Crippen LogP contribution >= 0.6 is 11.8 Å². The lowest BCUT2D eigenvalue weighted by atomic mass is 9.93. The number of benzene rings is 1. The molecule has 0 fully saturated rings. The second-order valence-electron chi connectivity index (χ2n) is 9.05. The summed E-state index contributed by atoms with van der Waals surface area (Å²) in [6.07, 6.45) is 5.47. The van der Waals surface area contributed by atoms with Gasteiger partial charge in [0, 0.05) is 29.4 Å². The van der Waals surface area contributed by atoms with E-state index in [1.807, 2.05) is 18.3 Å². The summed E-state index contributed by atoms with van der Waals surface area (Å²) in [6.45, 7) is 0. The zero-order chi connectivity index (χ0) is 26.4. The van der Waals surface area contributed by atoms with E-state index in [0.717, 1.165) is 22.5 Å². The van der Waals surface area contributed by atoms with Crippen LogP contribution in [0.1, 0.15) is 38.4 Å².